The number of nitrogens with zero attached hydrogens (tertiary/aromatic N) is 1. The Morgan fingerprint density at radius 1 is 1.14 bits per heavy atom. The maximum Gasteiger partial charge on any atom is 0.304 e. The summed E-state index contributed by atoms with van der Waals surface area (Å²) in [6.45, 7) is 7.30. The smallest absolute Gasteiger partial charge is 0.304 e. The average molecular weight is 292 g/mol. The first-order valence-corrected chi connectivity index (χ1v) is 7.23. The Balaban J connectivity index is 2.58. The van der Waals surface area contributed by atoms with Gasteiger partial charge in [-0.2, -0.15) is 0 Å². The number of rotatable bonds is 8. The quantitative estimate of drug-likeness (QED) is 0.772. The van der Waals surface area contributed by atoms with E-state index in [1.807, 2.05) is 43.9 Å². The molecule has 0 atom stereocenters. The normalized spacial score (nSPS) is 10.7. The van der Waals surface area contributed by atoms with Crippen LogP contribution in [0.2, 0.25) is 0 Å². The van der Waals surface area contributed by atoms with Crippen molar-refractivity contribution in [2.24, 2.45) is 0 Å². The van der Waals surface area contributed by atoms with Gasteiger partial charge in [-0.25, -0.2) is 0 Å². The maximum absolute atomic E-state index is 12.1. The first-order chi connectivity index (χ1) is 9.90. The van der Waals surface area contributed by atoms with Crippen LogP contribution in [0.15, 0.2) is 18.2 Å². The van der Waals surface area contributed by atoms with E-state index in [9.17, 15) is 9.59 Å². The summed E-state index contributed by atoms with van der Waals surface area (Å²) in [5.41, 5.74) is 2.98. The molecule has 0 aliphatic rings. The highest BCUT2D eigenvalue weighted by molar-refractivity contribution is 5.92. The molecule has 0 spiro atoms. The van der Waals surface area contributed by atoms with E-state index in [4.69, 9.17) is 5.11 Å². The molecular formula is C16H24N2O3. The highest BCUT2D eigenvalue weighted by Crippen LogP contribution is 2.13. The Morgan fingerprint density at radius 3 is 2.29 bits per heavy atom. The van der Waals surface area contributed by atoms with Gasteiger partial charge in [0.1, 0.15) is 0 Å². The molecule has 0 saturated heterocycles. The number of benzene rings is 1. The summed E-state index contributed by atoms with van der Waals surface area (Å²) in [5, 5.41) is 11.6. The predicted octanol–water partition coefficient (Wildman–Crippen LogP) is 2.43. The number of carbonyl (C=O) groups excluding carboxylic acids is 1. The van der Waals surface area contributed by atoms with Crippen molar-refractivity contribution in [3.8, 4) is 0 Å². The van der Waals surface area contributed by atoms with Gasteiger partial charge in [0.2, 0.25) is 5.91 Å². The molecule has 0 radical (unpaired) electrons. The fourth-order valence-electron chi connectivity index (χ4n) is 2.29. The molecule has 1 aromatic rings. The number of anilines is 1. The van der Waals surface area contributed by atoms with Crippen molar-refractivity contribution in [2.75, 3.05) is 25.0 Å². The second-order valence-corrected chi connectivity index (χ2v) is 5.34. The summed E-state index contributed by atoms with van der Waals surface area (Å²) in [6, 6.07) is 5.89. The van der Waals surface area contributed by atoms with Gasteiger partial charge in [0.15, 0.2) is 0 Å². The van der Waals surface area contributed by atoms with Crippen LogP contribution in [0.3, 0.4) is 0 Å². The second-order valence-electron chi connectivity index (χ2n) is 5.34. The van der Waals surface area contributed by atoms with Crippen LogP contribution in [0.4, 0.5) is 5.69 Å². The fraction of sp³-hybridized carbons (Fsp3) is 0.500. The molecule has 116 valence electrons. The molecule has 0 fully saturated rings. The van der Waals surface area contributed by atoms with Gasteiger partial charge < -0.3 is 10.4 Å². The number of amides is 1. The highest BCUT2D eigenvalue weighted by atomic mass is 16.4. The van der Waals surface area contributed by atoms with Gasteiger partial charge in [0.05, 0.1) is 13.0 Å². The van der Waals surface area contributed by atoms with Crippen molar-refractivity contribution in [1.82, 2.24) is 4.90 Å². The van der Waals surface area contributed by atoms with Gasteiger partial charge in [-0.1, -0.05) is 13.0 Å². The van der Waals surface area contributed by atoms with Gasteiger partial charge in [-0.05, 0) is 50.1 Å². The summed E-state index contributed by atoms with van der Waals surface area (Å²) < 4.78 is 0. The molecule has 5 nitrogen and oxygen atoms in total. The summed E-state index contributed by atoms with van der Waals surface area (Å²) in [4.78, 5) is 24.6. The van der Waals surface area contributed by atoms with E-state index in [-0.39, 0.29) is 18.9 Å². The van der Waals surface area contributed by atoms with E-state index in [2.05, 4.69) is 5.32 Å². The van der Waals surface area contributed by atoms with Gasteiger partial charge in [0, 0.05) is 12.2 Å². The van der Waals surface area contributed by atoms with E-state index in [0.29, 0.717) is 13.1 Å². The average Bonchev–Trinajstić information content (AvgIpc) is 2.34. The van der Waals surface area contributed by atoms with Crippen LogP contribution in [-0.2, 0) is 9.59 Å². The summed E-state index contributed by atoms with van der Waals surface area (Å²) in [5.74, 6) is -0.954. The van der Waals surface area contributed by atoms with Crippen LogP contribution in [0.25, 0.3) is 0 Å². The lowest BCUT2D eigenvalue weighted by molar-refractivity contribution is -0.137. The Bertz CT molecular complexity index is 480. The van der Waals surface area contributed by atoms with Gasteiger partial charge in [-0.3, -0.25) is 14.5 Å². The minimum atomic E-state index is -0.842. The molecule has 1 rings (SSSR count). The first kappa shape index (κ1) is 17.2. The SMILES string of the molecule is CCCN(CCC(=O)O)CC(=O)Nc1cc(C)cc(C)c1. The molecule has 0 aromatic heterocycles. The minimum absolute atomic E-state index is 0.0524. The topological polar surface area (TPSA) is 69.6 Å². The van der Waals surface area contributed by atoms with Gasteiger partial charge >= 0.3 is 5.97 Å². The number of carbonyl (C=O) groups is 2. The van der Waals surface area contributed by atoms with E-state index >= 15 is 0 Å². The van der Waals surface area contributed by atoms with E-state index < -0.39 is 5.97 Å². The summed E-state index contributed by atoms with van der Waals surface area (Å²) in [6.07, 6.45) is 0.938. The van der Waals surface area contributed by atoms with Crippen molar-refractivity contribution in [3.63, 3.8) is 0 Å². The Morgan fingerprint density at radius 2 is 1.76 bits per heavy atom. The molecular weight excluding hydrogens is 268 g/mol. The van der Waals surface area contributed by atoms with Crippen molar-refractivity contribution in [2.45, 2.75) is 33.6 Å². The third-order valence-electron chi connectivity index (χ3n) is 3.05. The number of aryl methyl sites for hydroxylation is 2. The van der Waals surface area contributed by atoms with Crippen molar-refractivity contribution in [3.05, 3.63) is 29.3 Å². The van der Waals surface area contributed by atoms with Crippen LogP contribution < -0.4 is 5.32 Å². The van der Waals surface area contributed by atoms with Gasteiger partial charge in [-0.15, -0.1) is 0 Å². The number of aliphatic carboxylic acids is 1. The number of carboxylic acids is 1. The molecule has 0 aliphatic heterocycles. The van der Waals surface area contributed by atoms with E-state index in [1.165, 1.54) is 0 Å². The molecule has 0 aliphatic carbocycles. The molecule has 1 amide bonds. The van der Waals surface area contributed by atoms with Crippen molar-refractivity contribution >= 4 is 17.6 Å². The minimum Gasteiger partial charge on any atom is -0.481 e. The number of hydrogen-bond donors (Lipinski definition) is 2. The Labute approximate surface area is 126 Å². The van der Waals surface area contributed by atoms with Gasteiger partial charge in [0.25, 0.3) is 0 Å². The zero-order valence-corrected chi connectivity index (χ0v) is 13.0. The summed E-state index contributed by atoms with van der Waals surface area (Å²) in [7, 11) is 0. The van der Waals surface area contributed by atoms with E-state index in [1.54, 1.807) is 0 Å². The monoisotopic (exact) mass is 292 g/mol. The maximum atomic E-state index is 12.1. The van der Waals surface area contributed by atoms with Crippen LogP contribution in [0, 0.1) is 13.8 Å². The number of hydrogen-bond acceptors (Lipinski definition) is 3. The molecule has 5 heteroatoms. The standard InChI is InChI=1S/C16H24N2O3/c1-4-6-18(7-5-16(20)21)11-15(19)17-14-9-12(2)8-13(3)10-14/h8-10H,4-7,11H2,1-3H3,(H,17,19)(H,20,21). The lowest BCUT2D eigenvalue weighted by Gasteiger charge is -2.20. The van der Waals surface area contributed by atoms with Crippen LogP contribution in [-0.4, -0.2) is 41.5 Å². The third kappa shape index (κ3) is 6.90. The molecule has 0 heterocycles. The van der Waals surface area contributed by atoms with Crippen LogP contribution >= 0.6 is 0 Å². The zero-order valence-electron chi connectivity index (χ0n) is 13.0. The van der Waals surface area contributed by atoms with E-state index in [0.717, 1.165) is 23.2 Å². The Kier molecular flexibility index (Phi) is 6.88. The van der Waals surface area contributed by atoms with Crippen LogP contribution in [0.5, 0.6) is 0 Å². The van der Waals surface area contributed by atoms with Crippen molar-refractivity contribution < 1.29 is 14.7 Å². The molecule has 21 heavy (non-hydrogen) atoms. The summed E-state index contributed by atoms with van der Waals surface area (Å²) >= 11 is 0. The number of nitrogens with one attached hydrogen (secondary N) is 1. The first-order valence-electron chi connectivity index (χ1n) is 7.23. The predicted molar refractivity (Wildman–Crippen MR) is 83.5 cm³/mol. The fourth-order valence-corrected chi connectivity index (χ4v) is 2.29. The molecule has 0 unspecified atom stereocenters. The third-order valence-corrected chi connectivity index (χ3v) is 3.05. The van der Waals surface area contributed by atoms with Crippen LogP contribution in [0.1, 0.15) is 30.9 Å². The zero-order chi connectivity index (χ0) is 15.8. The molecule has 0 bridgehead atoms. The molecule has 0 saturated carbocycles. The second kappa shape index (κ2) is 8.42. The molecule has 2 N–H and O–H groups in total. The lowest BCUT2D eigenvalue weighted by Crippen LogP contribution is -2.35. The lowest BCUT2D eigenvalue weighted by atomic mass is 10.1. The van der Waals surface area contributed by atoms with Crippen molar-refractivity contribution in [1.29, 1.82) is 0 Å². The molecule has 1 aromatic carbocycles. The highest BCUT2D eigenvalue weighted by Gasteiger charge is 2.12. The number of carboxylic acid groups (broad SMARTS) is 1. The Hall–Kier alpha value is -1.88. The largest absolute Gasteiger partial charge is 0.481 e.